The first-order valence-corrected chi connectivity index (χ1v) is 5.51. The first-order chi connectivity index (χ1) is 8.14. The molecule has 0 unspecified atom stereocenters. The van der Waals surface area contributed by atoms with Crippen molar-refractivity contribution in [2.75, 3.05) is 26.2 Å². The Hall–Kier alpha value is -1.31. The summed E-state index contributed by atoms with van der Waals surface area (Å²) in [4.78, 5) is 24.6. The van der Waals surface area contributed by atoms with E-state index < -0.39 is 30.7 Å². The number of hydrogen-bond acceptors (Lipinski definition) is 3. The molecule has 1 rings (SSSR count). The van der Waals surface area contributed by atoms with E-state index in [2.05, 4.69) is 5.32 Å². The molecule has 0 aromatic carbocycles. The van der Waals surface area contributed by atoms with Crippen LogP contribution in [0.2, 0.25) is 0 Å². The second-order valence-corrected chi connectivity index (χ2v) is 4.58. The molecule has 5 nitrogen and oxygen atoms in total. The number of halogens is 3. The molecule has 104 valence electrons. The normalized spacial score (nSPS) is 19.6. The largest absolute Gasteiger partial charge is 0.401 e. The third-order valence-corrected chi connectivity index (χ3v) is 2.75. The molecule has 0 aliphatic carbocycles. The molecule has 0 saturated carbocycles. The zero-order valence-corrected chi connectivity index (χ0v) is 10.2. The van der Waals surface area contributed by atoms with E-state index in [0.717, 1.165) is 0 Å². The van der Waals surface area contributed by atoms with Crippen LogP contribution in [0.25, 0.3) is 0 Å². The minimum atomic E-state index is -4.35. The second kappa shape index (κ2) is 5.13. The van der Waals surface area contributed by atoms with Gasteiger partial charge in [-0.3, -0.25) is 9.59 Å². The molecule has 18 heavy (non-hydrogen) atoms. The lowest BCUT2D eigenvalue weighted by atomic mass is 9.99. The molecule has 0 radical (unpaired) electrons. The molecule has 0 atom stereocenters. The lowest BCUT2D eigenvalue weighted by Gasteiger charge is -2.41. The molecular weight excluding hydrogens is 251 g/mol. The highest BCUT2D eigenvalue weighted by Crippen LogP contribution is 2.17. The third-order valence-electron chi connectivity index (χ3n) is 2.75. The van der Waals surface area contributed by atoms with Crippen molar-refractivity contribution in [3.05, 3.63) is 0 Å². The Kier molecular flexibility index (Phi) is 4.20. The number of hydrogen-bond donors (Lipinski definition) is 2. The van der Waals surface area contributed by atoms with Crippen LogP contribution in [0.1, 0.15) is 13.8 Å². The lowest BCUT2D eigenvalue weighted by molar-refractivity contribution is -0.149. The number of amides is 2. The van der Waals surface area contributed by atoms with Crippen LogP contribution in [0, 0.1) is 0 Å². The van der Waals surface area contributed by atoms with Crippen molar-refractivity contribution in [2.45, 2.75) is 25.6 Å². The molecule has 0 aromatic rings. The SMILES string of the molecule is CC1(C)C(=O)NCCN1C(=O)CNCC(F)(F)F. The van der Waals surface area contributed by atoms with E-state index in [1.165, 1.54) is 4.90 Å². The summed E-state index contributed by atoms with van der Waals surface area (Å²) in [6, 6.07) is 0. The van der Waals surface area contributed by atoms with Gasteiger partial charge in [0.25, 0.3) is 0 Å². The molecule has 1 fully saturated rings. The van der Waals surface area contributed by atoms with Crippen molar-refractivity contribution in [2.24, 2.45) is 0 Å². The van der Waals surface area contributed by atoms with Gasteiger partial charge in [-0.2, -0.15) is 13.2 Å². The Balaban J connectivity index is 2.53. The maximum atomic E-state index is 11.9. The summed E-state index contributed by atoms with van der Waals surface area (Å²) >= 11 is 0. The predicted octanol–water partition coefficient (Wildman–Crippen LogP) is -0.125. The molecule has 1 aliphatic rings. The van der Waals surface area contributed by atoms with Crippen molar-refractivity contribution < 1.29 is 22.8 Å². The van der Waals surface area contributed by atoms with Crippen molar-refractivity contribution >= 4 is 11.8 Å². The maximum absolute atomic E-state index is 11.9. The van der Waals surface area contributed by atoms with E-state index in [0.29, 0.717) is 13.1 Å². The average Bonchev–Trinajstić information content (AvgIpc) is 2.19. The Bertz CT molecular complexity index is 342. The Morgan fingerprint density at radius 2 is 2.11 bits per heavy atom. The molecule has 1 saturated heterocycles. The van der Waals surface area contributed by atoms with Crippen LogP contribution in [-0.2, 0) is 9.59 Å². The zero-order chi connectivity index (χ0) is 14.0. The average molecular weight is 267 g/mol. The number of nitrogens with zero attached hydrogens (tertiary/aromatic N) is 1. The molecular formula is C10H16F3N3O2. The number of carbonyl (C=O) groups is 2. The molecule has 0 aromatic heterocycles. The summed E-state index contributed by atoms with van der Waals surface area (Å²) in [6.45, 7) is 2.07. The molecule has 1 aliphatic heterocycles. The van der Waals surface area contributed by atoms with E-state index >= 15 is 0 Å². The second-order valence-electron chi connectivity index (χ2n) is 4.58. The smallest absolute Gasteiger partial charge is 0.352 e. The standard InChI is InChI=1S/C10H16F3N3O2/c1-9(2)8(18)15-3-4-16(9)7(17)5-14-6-10(11,12)13/h14H,3-6H2,1-2H3,(H,15,18). The van der Waals surface area contributed by atoms with Gasteiger partial charge in [-0.1, -0.05) is 0 Å². The number of rotatable bonds is 3. The number of carbonyl (C=O) groups excluding carboxylic acids is 2. The van der Waals surface area contributed by atoms with Gasteiger partial charge in [-0.15, -0.1) is 0 Å². The van der Waals surface area contributed by atoms with Crippen LogP contribution in [0.3, 0.4) is 0 Å². The Morgan fingerprint density at radius 3 is 2.67 bits per heavy atom. The predicted molar refractivity (Wildman–Crippen MR) is 57.7 cm³/mol. The van der Waals surface area contributed by atoms with Crippen molar-refractivity contribution in [1.82, 2.24) is 15.5 Å². The molecule has 8 heteroatoms. The van der Waals surface area contributed by atoms with Gasteiger partial charge < -0.3 is 15.5 Å². The van der Waals surface area contributed by atoms with Crippen LogP contribution in [-0.4, -0.2) is 54.6 Å². The Labute approximate surface area is 103 Å². The summed E-state index contributed by atoms with van der Waals surface area (Å²) in [5.74, 6) is -0.822. The number of piperazine rings is 1. The first-order valence-electron chi connectivity index (χ1n) is 5.51. The number of alkyl halides is 3. The van der Waals surface area contributed by atoms with Crippen LogP contribution >= 0.6 is 0 Å². The molecule has 2 N–H and O–H groups in total. The van der Waals surface area contributed by atoms with Gasteiger partial charge in [0.2, 0.25) is 11.8 Å². The van der Waals surface area contributed by atoms with Gasteiger partial charge in [-0.25, -0.2) is 0 Å². The van der Waals surface area contributed by atoms with Crippen molar-refractivity contribution in [3.63, 3.8) is 0 Å². The van der Waals surface area contributed by atoms with Crippen molar-refractivity contribution in [1.29, 1.82) is 0 Å². The van der Waals surface area contributed by atoms with E-state index in [4.69, 9.17) is 0 Å². The summed E-state index contributed by atoms with van der Waals surface area (Å²) in [7, 11) is 0. The first kappa shape index (κ1) is 14.7. The molecule has 2 amide bonds. The highest BCUT2D eigenvalue weighted by Gasteiger charge is 2.40. The van der Waals surface area contributed by atoms with Gasteiger partial charge in [0.15, 0.2) is 0 Å². The summed E-state index contributed by atoms with van der Waals surface area (Å²) < 4.78 is 35.7. The highest BCUT2D eigenvalue weighted by atomic mass is 19.4. The minimum absolute atomic E-state index is 0.297. The summed E-state index contributed by atoms with van der Waals surface area (Å²) in [6.07, 6.45) is -4.35. The van der Waals surface area contributed by atoms with Crippen LogP contribution in [0.4, 0.5) is 13.2 Å². The molecule has 1 heterocycles. The Morgan fingerprint density at radius 1 is 1.50 bits per heavy atom. The van der Waals surface area contributed by atoms with Gasteiger partial charge >= 0.3 is 6.18 Å². The summed E-state index contributed by atoms with van der Waals surface area (Å²) in [5.41, 5.74) is -1.03. The fourth-order valence-electron chi connectivity index (χ4n) is 1.74. The highest BCUT2D eigenvalue weighted by molar-refractivity contribution is 5.92. The monoisotopic (exact) mass is 267 g/mol. The van der Waals surface area contributed by atoms with Crippen LogP contribution < -0.4 is 10.6 Å². The lowest BCUT2D eigenvalue weighted by Crippen LogP contribution is -2.64. The van der Waals surface area contributed by atoms with E-state index in [1.54, 1.807) is 13.8 Å². The minimum Gasteiger partial charge on any atom is -0.352 e. The van der Waals surface area contributed by atoms with E-state index in [9.17, 15) is 22.8 Å². The van der Waals surface area contributed by atoms with E-state index in [1.807, 2.05) is 5.32 Å². The topological polar surface area (TPSA) is 61.4 Å². The molecule has 0 spiro atoms. The van der Waals surface area contributed by atoms with Crippen LogP contribution in [0.15, 0.2) is 0 Å². The quantitative estimate of drug-likeness (QED) is 0.749. The zero-order valence-electron chi connectivity index (χ0n) is 10.2. The van der Waals surface area contributed by atoms with Gasteiger partial charge in [0.05, 0.1) is 13.1 Å². The van der Waals surface area contributed by atoms with Gasteiger partial charge in [0.1, 0.15) is 5.54 Å². The fourth-order valence-corrected chi connectivity index (χ4v) is 1.74. The van der Waals surface area contributed by atoms with E-state index in [-0.39, 0.29) is 5.91 Å². The molecule has 0 bridgehead atoms. The third kappa shape index (κ3) is 3.59. The maximum Gasteiger partial charge on any atom is 0.401 e. The van der Waals surface area contributed by atoms with Gasteiger partial charge in [0, 0.05) is 13.1 Å². The summed E-state index contributed by atoms with van der Waals surface area (Å²) in [5, 5.41) is 4.63. The fraction of sp³-hybridized carbons (Fsp3) is 0.800. The number of nitrogens with one attached hydrogen (secondary N) is 2. The van der Waals surface area contributed by atoms with Crippen LogP contribution in [0.5, 0.6) is 0 Å². The van der Waals surface area contributed by atoms with Gasteiger partial charge in [-0.05, 0) is 13.8 Å². The van der Waals surface area contributed by atoms with Crippen molar-refractivity contribution in [3.8, 4) is 0 Å².